The number of nitrogens with zero attached hydrogens (tertiary/aromatic N) is 4. The van der Waals surface area contributed by atoms with Gasteiger partial charge in [0.15, 0.2) is 11.5 Å². The van der Waals surface area contributed by atoms with Gasteiger partial charge in [0.05, 0.1) is 0 Å². The standard InChI is InChI=1S/C15H25N5S/c1-6-21-10-9-11(2)16-12-7-8-13-17-18-14(15(3,4)5)20(13)19-12/h7-8,11H,6,9-10H2,1-5H3,(H,16,19). The topological polar surface area (TPSA) is 55.1 Å². The number of anilines is 1. The van der Waals surface area contributed by atoms with Gasteiger partial charge in [-0.2, -0.15) is 16.3 Å². The third kappa shape index (κ3) is 4.09. The average molecular weight is 307 g/mol. The van der Waals surface area contributed by atoms with Gasteiger partial charge in [-0.05, 0) is 37.0 Å². The molecule has 1 atom stereocenters. The van der Waals surface area contributed by atoms with Gasteiger partial charge in [0.1, 0.15) is 5.82 Å². The molecule has 0 amide bonds. The zero-order chi connectivity index (χ0) is 15.5. The summed E-state index contributed by atoms with van der Waals surface area (Å²) < 4.78 is 1.84. The fourth-order valence-electron chi connectivity index (χ4n) is 2.06. The zero-order valence-corrected chi connectivity index (χ0v) is 14.4. The van der Waals surface area contributed by atoms with Gasteiger partial charge in [0, 0.05) is 11.5 Å². The van der Waals surface area contributed by atoms with E-state index in [-0.39, 0.29) is 5.41 Å². The maximum atomic E-state index is 4.64. The van der Waals surface area contributed by atoms with Crippen LogP contribution in [0.1, 0.15) is 46.9 Å². The minimum absolute atomic E-state index is 0.0750. The highest BCUT2D eigenvalue weighted by molar-refractivity contribution is 7.99. The zero-order valence-electron chi connectivity index (χ0n) is 13.6. The molecule has 116 valence electrons. The lowest BCUT2D eigenvalue weighted by Gasteiger charge is -2.17. The first kappa shape index (κ1) is 16.1. The van der Waals surface area contributed by atoms with Gasteiger partial charge >= 0.3 is 0 Å². The van der Waals surface area contributed by atoms with Crippen LogP contribution >= 0.6 is 11.8 Å². The number of hydrogen-bond acceptors (Lipinski definition) is 5. The number of thioether (sulfide) groups is 1. The predicted octanol–water partition coefficient (Wildman–Crippen LogP) is 3.37. The number of aromatic nitrogens is 4. The Morgan fingerprint density at radius 1 is 1.29 bits per heavy atom. The number of nitrogens with one attached hydrogen (secondary N) is 1. The van der Waals surface area contributed by atoms with Gasteiger partial charge in [-0.3, -0.25) is 0 Å². The normalized spacial score (nSPS) is 13.6. The van der Waals surface area contributed by atoms with E-state index in [2.05, 4.69) is 55.2 Å². The largest absolute Gasteiger partial charge is 0.366 e. The second kappa shape index (κ2) is 6.64. The van der Waals surface area contributed by atoms with Crippen LogP contribution in [0.3, 0.4) is 0 Å². The summed E-state index contributed by atoms with van der Waals surface area (Å²) in [7, 11) is 0. The summed E-state index contributed by atoms with van der Waals surface area (Å²) in [6.45, 7) is 10.7. The number of hydrogen-bond donors (Lipinski definition) is 1. The molecule has 2 aromatic rings. The smallest absolute Gasteiger partial charge is 0.178 e. The van der Waals surface area contributed by atoms with Crippen molar-refractivity contribution in [3.8, 4) is 0 Å². The van der Waals surface area contributed by atoms with Crippen molar-refractivity contribution in [2.75, 3.05) is 16.8 Å². The summed E-state index contributed by atoms with van der Waals surface area (Å²) in [4.78, 5) is 0. The van der Waals surface area contributed by atoms with Gasteiger partial charge in [-0.15, -0.1) is 15.3 Å². The van der Waals surface area contributed by atoms with Crippen molar-refractivity contribution < 1.29 is 0 Å². The Morgan fingerprint density at radius 3 is 2.71 bits per heavy atom. The third-order valence-corrected chi connectivity index (χ3v) is 4.16. The fraction of sp³-hybridized carbons (Fsp3) is 0.667. The number of fused-ring (bicyclic) bond motifs is 1. The molecule has 21 heavy (non-hydrogen) atoms. The van der Waals surface area contributed by atoms with Crippen molar-refractivity contribution in [1.82, 2.24) is 19.8 Å². The molecule has 0 saturated heterocycles. The molecule has 0 aliphatic carbocycles. The van der Waals surface area contributed by atoms with Crippen LogP contribution < -0.4 is 5.32 Å². The molecule has 0 bridgehead atoms. The molecule has 0 radical (unpaired) electrons. The quantitative estimate of drug-likeness (QED) is 0.829. The second-order valence-electron chi connectivity index (χ2n) is 6.29. The fourth-order valence-corrected chi connectivity index (χ4v) is 2.87. The number of rotatable bonds is 6. The molecule has 1 unspecified atom stereocenters. The Morgan fingerprint density at radius 2 is 2.05 bits per heavy atom. The molecule has 0 aliphatic heterocycles. The first-order chi connectivity index (χ1) is 9.91. The highest BCUT2D eigenvalue weighted by Crippen LogP contribution is 2.21. The molecule has 6 heteroatoms. The molecule has 1 N–H and O–H groups in total. The van der Waals surface area contributed by atoms with E-state index >= 15 is 0 Å². The maximum Gasteiger partial charge on any atom is 0.178 e. The second-order valence-corrected chi connectivity index (χ2v) is 7.69. The Balaban J connectivity index is 2.14. The van der Waals surface area contributed by atoms with Crippen LogP contribution in [0, 0.1) is 0 Å². The highest BCUT2D eigenvalue weighted by atomic mass is 32.2. The van der Waals surface area contributed by atoms with Crippen LogP contribution in [0.2, 0.25) is 0 Å². The summed E-state index contributed by atoms with van der Waals surface area (Å²) in [5.41, 5.74) is 0.716. The van der Waals surface area contributed by atoms with Crippen LogP contribution in [-0.4, -0.2) is 37.4 Å². The van der Waals surface area contributed by atoms with E-state index in [4.69, 9.17) is 0 Å². The van der Waals surface area contributed by atoms with Gasteiger partial charge < -0.3 is 5.32 Å². The summed E-state index contributed by atoms with van der Waals surface area (Å²) in [6, 6.07) is 4.34. The maximum absolute atomic E-state index is 4.64. The summed E-state index contributed by atoms with van der Waals surface area (Å²) >= 11 is 1.97. The first-order valence-corrected chi connectivity index (χ1v) is 8.64. The van der Waals surface area contributed by atoms with Crippen molar-refractivity contribution in [2.45, 2.75) is 52.5 Å². The molecule has 0 aromatic carbocycles. The predicted molar refractivity (Wildman–Crippen MR) is 90.2 cm³/mol. The SMILES string of the molecule is CCSCCC(C)Nc1ccc2nnc(C(C)(C)C)n2n1. The average Bonchev–Trinajstić information content (AvgIpc) is 2.82. The molecule has 2 heterocycles. The first-order valence-electron chi connectivity index (χ1n) is 7.49. The highest BCUT2D eigenvalue weighted by Gasteiger charge is 2.21. The Kier molecular flexibility index (Phi) is 5.08. The summed E-state index contributed by atoms with van der Waals surface area (Å²) in [6.07, 6.45) is 1.13. The summed E-state index contributed by atoms with van der Waals surface area (Å²) in [5, 5.41) is 16.6. The van der Waals surface area contributed by atoms with E-state index in [1.165, 1.54) is 11.5 Å². The Bertz CT molecular complexity index is 587. The molecule has 0 saturated carbocycles. The minimum Gasteiger partial charge on any atom is -0.366 e. The van der Waals surface area contributed by atoms with E-state index in [0.29, 0.717) is 6.04 Å². The van der Waals surface area contributed by atoms with Crippen molar-refractivity contribution >= 4 is 23.2 Å². The van der Waals surface area contributed by atoms with Crippen LogP contribution in [0.5, 0.6) is 0 Å². The van der Waals surface area contributed by atoms with Crippen molar-refractivity contribution in [1.29, 1.82) is 0 Å². The van der Waals surface area contributed by atoms with Gasteiger partial charge in [0.25, 0.3) is 0 Å². The minimum atomic E-state index is -0.0750. The monoisotopic (exact) mass is 307 g/mol. The molecule has 2 rings (SSSR count). The lowest BCUT2D eigenvalue weighted by Crippen LogP contribution is -2.20. The molecule has 0 spiro atoms. The van der Waals surface area contributed by atoms with Gasteiger partial charge in [-0.1, -0.05) is 27.7 Å². The molecule has 5 nitrogen and oxygen atoms in total. The Labute approximate surface area is 130 Å². The van der Waals surface area contributed by atoms with E-state index in [0.717, 1.165) is 23.7 Å². The van der Waals surface area contributed by atoms with Crippen LogP contribution in [0.15, 0.2) is 12.1 Å². The van der Waals surface area contributed by atoms with Gasteiger partial charge in [-0.25, -0.2) is 0 Å². The van der Waals surface area contributed by atoms with Crippen molar-refractivity contribution in [2.24, 2.45) is 0 Å². The van der Waals surface area contributed by atoms with E-state index in [9.17, 15) is 0 Å². The molecule has 0 fully saturated rings. The van der Waals surface area contributed by atoms with E-state index < -0.39 is 0 Å². The molecule has 0 aliphatic rings. The van der Waals surface area contributed by atoms with Crippen LogP contribution in [0.25, 0.3) is 5.65 Å². The van der Waals surface area contributed by atoms with E-state index in [1.54, 1.807) is 0 Å². The Hall–Kier alpha value is -1.30. The van der Waals surface area contributed by atoms with Crippen LogP contribution in [-0.2, 0) is 5.41 Å². The lowest BCUT2D eigenvalue weighted by molar-refractivity contribution is 0.527. The van der Waals surface area contributed by atoms with Crippen LogP contribution in [0.4, 0.5) is 5.82 Å². The van der Waals surface area contributed by atoms with Crippen molar-refractivity contribution in [3.63, 3.8) is 0 Å². The molecule has 2 aromatic heterocycles. The molecular formula is C15H25N5S. The van der Waals surface area contributed by atoms with Gasteiger partial charge in [0.2, 0.25) is 0 Å². The lowest BCUT2D eigenvalue weighted by atomic mass is 9.96. The van der Waals surface area contributed by atoms with E-state index in [1.807, 2.05) is 28.4 Å². The molecular weight excluding hydrogens is 282 g/mol. The third-order valence-electron chi connectivity index (χ3n) is 3.23. The van der Waals surface area contributed by atoms with Crippen molar-refractivity contribution in [3.05, 3.63) is 18.0 Å². The summed E-state index contributed by atoms with van der Waals surface area (Å²) in [5.74, 6) is 4.11.